The van der Waals surface area contributed by atoms with E-state index in [1.807, 2.05) is 24.3 Å². The van der Waals surface area contributed by atoms with E-state index >= 15 is 0 Å². The van der Waals surface area contributed by atoms with Gasteiger partial charge in [-0.1, -0.05) is 28.1 Å². The molecule has 1 aliphatic rings. The second-order valence-electron chi connectivity index (χ2n) is 4.01. The Bertz CT molecular complexity index is 378. The van der Waals surface area contributed by atoms with Crippen molar-refractivity contribution in [3.05, 3.63) is 34.3 Å². The third kappa shape index (κ3) is 2.29. The standard InChI is InChI=1S/C12H14BrNO/c1-8-11(5-6-14-8)12(15)9-3-2-4-10(13)7-9/h2-4,7-8,11,14H,5-6H2,1H3. The highest BCUT2D eigenvalue weighted by Crippen LogP contribution is 2.22. The zero-order valence-corrected chi connectivity index (χ0v) is 10.3. The van der Waals surface area contributed by atoms with Gasteiger partial charge in [-0.25, -0.2) is 0 Å². The lowest BCUT2D eigenvalue weighted by molar-refractivity contribution is 0.0914. The number of carbonyl (C=O) groups excluding carboxylic acids is 1. The second kappa shape index (κ2) is 4.45. The molecule has 1 saturated heterocycles. The molecule has 0 aliphatic carbocycles. The van der Waals surface area contributed by atoms with Crippen LogP contribution in [0.3, 0.4) is 0 Å². The zero-order valence-electron chi connectivity index (χ0n) is 8.66. The maximum absolute atomic E-state index is 12.1. The molecule has 1 aromatic rings. The number of carbonyl (C=O) groups is 1. The van der Waals surface area contributed by atoms with E-state index in [1.54, 1.807) is 0 Å². The van der Waals surface area contributed by atoms with Gasteiger partial charge in [-0.2, -0.15) is 0 Å². The van der Waals surface area contributed by atoms with Gasteiger partial charge in [0.2, 0.25) is 0 Å². The molecule has 1 aromatic carbocycles. The highest BCUT2D eigenvalue weighted by molar-refractivity contribution is 9.10. The van der Waals surface area contributed by atoms with Gasteiger partial charge >= 0.3 is 0 Å². The normalized spacial score (nSPS) is 25.5. The zero-order chi connectivity index (χ0) is 10.8. The molecule has 80 valence electrons. The maximum atomic E-state index is 12.1. The lowest BCUT2D eigenvalue weighted by atomic mass is 9.92. The van der Waals surface area contributed by atoms with Crippen molar-refractivity contribution in [2.24, 2.45) is 5.92 Å². The summed E-state index contributed by atoms with van der Waals surface area (Å²) in [6.45, 7) is 3.03. The minimum atomic E-state index is 0.138. The number of ketones is 1. The van der Waals surface area contributed by atoms with Crippen LogP contribution in [0.5, 0.6) is 0 Å². The number of hydrogen-bond acceptors (Lipinski definition) is 2. The number of halogens is 1. The molecule has 3 heteroatoms. The smallest absolute Gasteiger partial charge is 0.167 e. The average Bonchev–Trinajstić information content (AvgIpc) is 2.63. The summed E-state index contributed by atoms with van der Waals surface area (Å²) in [6.07, 6.45) is 0.951. The lowest BCUT2D eigenvalue weighted by Gasteiger charge is -2.13. The molecule has 0 aromatic heterocycles. The molecule has 1 fully saturated rings. The van der Waals surface area contributed by atoms with E-state index in [1.165, 1.54) is 0 Å². The molecule has 2 nitrogen and oxygen atoms in total. The highest BCUT2D eigenvalue weighted by Gasteiger charge is 2.29. The SMILES string of the molecule is CC1NCCC1C(=O)c1cccc(Br)c1. The topological polar surface area (TPSA) is 29.1 Å². The van der Waals surface area contributed by atoms with Crippen LogP contribution < -0.4 is 5.32 Å². The summed E-state index contributed by atoms with van der Waals surface area (Å²) in [5, 5.41) is 3.30. The Morgan fingerprint density at radius 3 is 2.93 bits per heavy atom. The van der Waals surface area contributed by atoms with Crippen molar-refractivity contribution in [3.63, 3.8) is 0 Å². The van der Waals surface area contributed by atoms with Crippen LogP contribution >= 0.6 is 15.9 Å². The first-order valence-corrected chi connectivity index (χ1v) is 6.01. The van der Waals surface area contributed by atoms with Crippen molar-refractivity contribution >= 4 is 21.7 Å². The van der Waals surface area contributed by atoms with Crippen LogP contribution in [0.1, 0.15) is 23.7 Å². The number of Topliss-reactive ketones (excluding diaryl/α,β-unsaturated/α-hetero) is 1. The first-order chi connectivity index (χ1) is 7.18. The predicted octanol–water partition coefficient (Wildman–Crippen LogP) is 2.63. The summed E-state index contributed by atoms with van der Waals surface area (Å²) >= 11 is 3.39. The summed E-state index contributed by atoms with van der Waals surface area (Å²) in [4.78, 5) is 12.1. The van der Waals surface area contributed by atoms with Crippen LogP contribution in [0.4, 0.5) is 0 Å². The number of rotatable bonds is 2. The fourth-order valence-electron chi connectivity index (χ4n) is 2.07. The van der Waals surface area contributed by atoms with Crippen molar-refractivity contribution in [2.75, 3.05) is 6.54 Å². The van der Waals surface area contributed by atoms with Crippen LogP contribution in [0, 0.1) is 5.92 Å². The molecule has 1 heterocycles. The first kappa shape index (κ1) is 10.8. The number of hydrogen-bond donors (Lipinski definition) is 1. The van der Waals surface area contributed by atoms with Crippen LogP contribution in [-0.2, 0) is 0 Å². The monoisotopic (exact) mass is 267 g/mol. The Morgan fingerprint density at radius 2 is 2.33 bits per heavy atom. The molecule has 1 N–H and O–H groups in total. The molecule has 0 radical (unpaired) electrons. The number of benzene rings is 1. The van der Waals surface area contributed by atoms with Gasteiger partial charge in [0.15, 0.2) is 5.78 Å². The fraction of sp³-hybridized carbons (Fsp3) is 0.417. The molecular formula is C12H14BrNO. The highest BCUT2D eigenvalue weighted by atomic mass is 79.9. The molecule has 15 heavy (non-hydrogen) atoms. The summed E-state index contributed by atoms with van der Waals surface area (Å²) in [7, 11) is 0. The maximum Gasteiger partial charge on any atom is 0.167 e. The first-order valence-electron chi connectivity index (χ1n) is 5.21. The van der Waals surface area contributed by atoms with Crippen LogP contribution in [0.2, 0.25) is 0 Å². The van der Waals surface area contributed by atoms with Gasteiger partial charge in [-0.15, -0.1) is 0 Å². The van der Waals surface area contributed by atoms with Crippen LogP contribution in [-0.4, -0.2) is 18.4 Å². The van der Waals surface area contributed by atoms with Gasteiger partial charge < -0.3 is 5.32 Å². The molecule has 0 saturated carbocycles. The summed E-state index contributed by atoms with van der Waals surface area (Å²) in [6, 6.07) is 7.93. The van der Waals surface area contributed by atoms with E-state index in [2.05, 4.69) is 28.2 Å². The van der Waals surface area contributed by atoms with Gasteiger partial charge in [0.25, 0.3) is 0 Å². The molecule has 0 spiro atoms. The Balaban J connectivity index is 2.20. The molecule has 2 unspecified atom stereocenters. The van der Waals surface area contributed by atoms with Gasteiger partial charge in [0, 0.05) is 22.0 Å². The molecule has 2 rings (SSSR count). The van der Waals surface area contributed by atoms with Gasteiger partial charge in [-0.05, 0) is 32.0 Å². The third-order valence-corrected chi connectivity index (χ3v) is 3.46. The minimum Gasteiger partial charge on any atom is -0.313 e. The van der Waals surface area contributed by atoms with E-state index in [0.717, 1.165) is 23.0 Å². The van der Waals surface area contributed by atoms with E-state index in [4.69, 9.17) is 0 Å². The van der Waals surface area contributed by atoms with Gasteiger partial charge in [-0.3, -0.25) is 4.79 Å². The molecule has 0 amide bonds. The molecular weight excluding hydrogens is 254 g/mol. The van der Waals surface area contributed by atoms with E-state index in [-0.39, 0.29) is 11.7 Å². The van der Waals surface area contributed by atoms with E-state index in [9.17, 15) is 4.79 Å². The Morgan fingerprint density at radius 1 is 1.53 bits per heavy atom. The van der Waals surface area contributed by atoms with Crippen LogP contribution in [0.25, 0.3) is 0 Å². The van der Waals surface area contributed by atoms with Crippen LogP contribution in [0.15, 0.2) is 28.7 Å². The minimum absolute atomic E-state index is 0.138. The van der Waals surface area contributed by atoms with Crippen molar-refractivity contribution < 1.29 is 4.79 Å². The van der Waals surface area contributed by atoms with Gasteiger partial charge in [0.1, 0.15) is 0 Å². The van der Waals surface area contributed by atoms with Crippen molar-refractivity contribution in [1.29, 1.82) is 0 Å². The summed E-state index contributed by atoms with van der Waals surface area (Å²) in [5.41, 5.74) is 0.810. The fourth-order valence-corrected chi connectivity index (χ4v) is 2.47. The number of nitrogens with one attached hydrogen (secondary N) is 1. The summed E-state index contributed by atoms with van der Waals surface area (Å²) in [5.74, 6) is 0.396. The second-order valence-corrected chi connectivity index (χ2v) is 4.93. The molecule has 2 atom stereocenters. The Hall–Kier alpha value is -0.670. The Labute approximate surface area is 98.2 Å². The van der Waals surface area contributed by atoms with E-state index < -0.39 is 0 Å². The van der Waals surface area contributed by atoms with Crippen molar-refractivity contribution in [1.82, 2.24) is 5.32 Å². The van der Waals surface area contributed by atoms with Crippen molar-refractivity contribution in [2.45, 2.75) is 19.4 Å². The summed E-state index contributed by atoms with van der Waals surface area (Å²) < 4.78 is 0.965. The van der Waals surface area contributed by atoms with E-state index in [0.29, 0.717) is 6.04 Å². The predicted molar refractivity (Wildman–Crippen MR) is 64.0 cm³/mol. The lowest BCUT2D eigenvalue weighted by Crippen LogP contribution is -2.28. The quantitative estimate of drug-likeness (QED) is 0.835. The van der Waals surface area contributed by atoms with Gasteiger partial charge in [0.05, 0.1) is 0 Å². The van der Waals surface area contributed by atoms with Crippen molar-refractivity contribution in [3.8, 4) is 0 Å². The average molecular weight is 268 g/mol. The molecule has 0 bridgehead atoms. The Kier molecular flexibility index (Phi) is 3.22. The third-order valence-electron chi connectivity index (χ3n) is 2.97. The largest absolute Gasteiger partial charge is 0.313 e. The molecule has 1 aliphatic heterocycles.